The van der Waals surface area contributed by atoms with Crippen LogP contribution in [0.1, 0.15) is 17.7 Å². The Balaban J connectivity index is 2.09. The molecule has 1 N–H and O–H groups in total. The smallest absolute Gasteiger partial charge is 0.130 e. The Bertz CT molecular complexity index is 511. The summed E-state index contributed by atoms with van der Waals surface area (Å²) < 4.78 is 0. The molecule has 1 heterocycles. The lowest BCUT2D eigenvalue weighted by atomic mass is 10.1. The molecule has 0 aliphatic heterocycles. The van der Waals surface area contributed by atoms with Gasteiger partial charge in [-0.05, 0) is 49.6 Å². The molecule has 18 heavy (non-hydrogen) atoms. The van der Waals surface area contributed by atoms with E-state index < -0.39 is 0 Å². The molecule has 0 saturated heterocycles. The van der Waals surface area contributed by atoms with Crippen LogP contribution in [-0.4, -0.2) is 10.9 Å². The van der Waals surface area contributed by atoms with Crippen LogP contribution < -0.4 is 5.32 Å². The first-order valence-corrected chi connectivity index (χ1v) is 6.67. The summed E-state index contributed by atoms with van der Waals surface area (Å²) in [7, 11) is 0. The highest BCUT2D eigenvalue weighted by atomic mass is 35.5. The van der Waals surface area contributed by atoms with Gasteiger partial charge in [0.05, 0.1) is 0 Å². The predicted octanol–water partition coefficient (Wildman–Crippen LogP) is 4.31. The molecule has 0 atom stereocenters. The summed E-state index contributed by atoms with van der Waals surface area (Å²) in [4.78, 5) is 4.43. The van der Waals surface area contributed by atoms with Crippen molar-refractivity contribution < 1.29 is 0 Å². The molecule has 94 valence electrons. The van der Waals surface area contributed by atoms with Crippen molar-refractivity contribution >= 4 is 23.1 Å². The van der Waals surface area contributed by atoms with E-state index in [2.05, 4.69) is 28.5 Å². The van der Waals surface area contributed by atoms with Gasteiger partial charge in [0, 0.05) is 17.3 Å². The van der Waals surface area contributed by atoms with Crippen molar-refractivity contribution in [3.8, 4) is 0 Å². The van der Waals surface area contributed by atoms with E-state index in [9.17, 15) is 0 Å². The molecule has 0 aliphatic carbocycles. The number of halogens is 1. The van der Waals surface area contributed by atoms with Gasteiger partial charge in [0.2, 0.25) is 0 Å². The van der Waals surface area contributed by atoms with Crippen LogP contribution in [0.25, 0.3) is 0 Å². The number of anilines is 2. The Kier molecular flexibility index (Phi) is 4.59. The number of hydrogen-bond acceptors (Lipinski definition) is 2. The molecule has 1 aromatic heterocycles. The van der Waals surface area contributed by atoms with E-state index in [0.717, 1.165) is 30.0 Å². The summed E-state index contributed by atoms with van der Waals surface area (Å²) in [5, 5.41) is 3.32. The lowest BCUT2D eigenvalue weighted by Gasteiger charge is -2.08. The number of hydrogen-bond donors (Lipinski definition) is 1. The molecule has 2 rings (SSSR count). The molecule has 1 aromatic carbocycles. The highest BCUT2D eigenvalue weighted by Crippen LogP contribution is 2.17. The molecule has 0 amide bonds. The Labute approximate surface area is 113 Å². The van der Waals surface area contributed by atoms with Gasteiger partial charge in [-0.2, -0.15) is 0 Å². The number of pyridine rings is 1. The fourth-order valence-electron chi connectivity index (χ4n) is 1.84. The van der Waals surface area contributed by atoms with Crippen molar-refractivity contribution in [3.05, 3.63) is 53.7 Å². The lowest BCUT2D eigenvalue weighted by Crippen LogP contribution is -1.95. The third-order valence-electron chi connectivity index (χ3n) is 2.69. The number of nitrogens with one attached hydrogen (secondary N) is 1. The highest BCUT2D eigenvalue weighted by molar-refractivity contribution is 6.17. The zero-order chi connectivity index (χ0) is 12.8. The summed E-state index contributed by atoms with van der Waals surface area (Å²) in [6.07, 6.45) is 2.02. The molecular weight excluding hydrogens is 244 g/mol. The normalized spacial score (nSPS) is 10.3. The maximum absolute atomic E-state index is 5.71. The quantitative estimate of drug-likeness (QED) is 0.811. The molecule has 0 fully saturated rings. The van der Waals surface area contributed by atoms with E-state index in [1.54, 1.807) is 0 Å². The second-order valence-corrected chi connectivity index (χ2v) is 4.66. The minimum absolute atomic E-state index is 0.705. The number of nitrogens with zero attached hydrogens (tertiary/aromatic N) is 1. The molecule has 3 heteroatoms. The molecular formula is C15H17ClN2. The van der Waals surface area contributed by atoms with Crippen LogP contribution in [0, 0.1) is 6.92 Å². The first-order chi connectivity index (χ1) is 8.78. The molecule has 2 aromatic rings. The summed E-state index contributed by atoms with van der Waals surface area (Å²) in [5.41, 5.74) is 3.38. The zero-order valence-corrected chi connectivity index (χ0v) is 11.2. The van der Waals surface area contributed by atoms with Gasteiger partial charge in [0.15, 0.2) is 0 Å². The van der Waals surface area contributed by atoms with Crippen LogP contribution in [0.5, 0.6) is 0 Å². The average Bonchev–Trinajstić information content (AvgIpc) is 2.37. The molecule has 0 spiro atoms. The Morgan fingerprint density at radius 2 is 2.00 bits per heavy atom. The van der Waals surface area contributed by atoms with Crippen molar-refractivity contribution in [2.24, 2.45) is 0 Å². The predicted molar refractivity (Wildman–Crippen MR) is 77.7 cm³/mol. The van der Waals surface area contributed by atoms with E-state index in [1.165, 1.54) is 5.56 Å². The number of alkyl halides is 1. The Hall–Kier alpha value is -1.54. The fraction of sp³-hybridized carbons (Fsp3) is 0.267. The molecule has 0 saturated carbocycles. The van der Waals surface area contributed by atoms with E-state index in [-0.39, 0.29) is 0 Å². The summed E-state index contributed by atoms with van der Waals surface area (Å²) in [6.45, 7) is 1.99. The van der Waals surface area contributed by atoms with Crippen LogP contribution in [0.2, 0.25) is 0 Å². The van der Waals surface area contributed by atoms with E-state index in [0.29, 0.717) is 5.88 Å². The molecule has 0 bridgehead atoms. The van der Waals surface area contributed by atoms with Crippen molar-refractivity contribution in [2.45, 2.75) is 19.8 Å². The van der Waals surface area contributed by atoms with Crippen molar-refractivity contribution in [1.29, 1.82) is 0 Å². The van der Waals surface area contributed by atoms with Crippen LogP contribution in [0.4, 0.5) is 11.5 Å². The van der Waals surface area contributed by atoms with Crippen molar-refractivity contribution in [2.75, 3.05) is 11.2 Å². The van der Waals surface area contributed by atoms with E-state index >= 15 is 0 Å². The van der Waals surface area contributed by atoms with E-state index in [1.807, 2.05) is 31.2 Å². The SMILES string of the molecule is Cc1cccc(Nc2cccc(CCCCl)c2)n1. The Morgan fingerprint density at radius 3 is 2.78 bits per heavy atom. The molecule has 2 nitrogen and oxygen atoms in total. The topological polar surface area (TPSA) is 24.9 Å². The van der Waals surface area contributed by atoms with Crippen molar-refractivity contribution in [1.82, 2.24) is 4.98 Å². The standard InChI is InChI=1S/C15H17ClN2/c1-12-5-2-9-15(17-12)18-14-8-3-6-13(11-14)7-4-10-16/h2-3,5-6,8-9,11H,4,7,10H2,1H3,(H,17,18). The molecule has 0 radical (unpaired) electrons. The van der Waals surface area contributed by atoms with Gasteiger partial charge in [-0.3, -0.25) is 0 Å². The van der Waals surface area contributed by atoms with Crippen LogP contribution >= 0.6 is 11.6 Å². The maximum Gasteiger partial charge on any atom is 0.130 e. The second kappa shape index (κ2) is 6.41. The van der Waals surface area contributed by atoms with Crippen LogP contribution in [-0.2, 0) is 6.42 Å². The van der Waals surface area contributed by atoms with E-state index in [4.69, 9.17) is 11.6 Å². The van der Waals surface area contributed by atoms with Crippen LogP contribution in [0.15, 0.2) is 42.5 Å². The monoisotopic (exact) mass is 260 g/mol. The summed E-state index contributed by atoms with van der Waals surface area (Å²) >= 11 is 5.71. The summed E-state index contributed by atoms with van der Waals surface area (Å²) in [6, 6.07) is 14.3. The lowest BCUT2D eigenvalue weighted by molar-refractivity contribution is 0.929. The largest absolute Gasteiger partial charge is 0.340 e. The number of benzene rings is 1. The van der Waals surface area contributed by atoms with Gasteiger partial charge in [0.25, 0.3) is 0 Å². The molecule has 0 aliphatic rings. The second-order valence-electron chi connectivity index (χ2n) is 4.28. The number of aromatic nitrogens is 1. The minimum Gasteiger partial charge on any atom is -0.340 e. The summed E-state index contributed by atoms with van der Waals surface area (Å²) in [5.74, 6) is 1.58. The van der Waals surface area contributed by atoms with Crippen molar-refractivity contribution in [3.63, 3.8) is 0 Å². The third kappa shape index (κ3) is 3.74. The fourth-order valence-corrected chi connectivity index (χ4v) is 1.97. The van der Waals surface area contributed by atoms with Crippen LogP contribution in [0.3, 0.4) is 0 Å². The van der Waals surface area contributed by atoms with Gasteiger partial charge < -0.3 is 5.32 Å². The first-order valence-electron chi connectivity index (χ1n) is 6.13. The number of aryl methyl sites for hydroxylation is 2. The highest BCUT2D eigenvalue weighted by Gasteiger charge is 1.98. The average molecular weight is 261 g/mol. The zero-order valence-electron chi connectivity index (χ0n) is 10.5. The van der Waals surface area contributed by atoms with Gasteiger partial charge >= 0.3 is 0 Å². The number of rotatable bonds is 5. The van der Waals surface area contributed by atoms with Gasteiger partial charge in [-0.15, -0.1) is 11.6 Å². The third-order valence-corrected chi connectivity index (χ3v) is 2.95. The van der Waals surface area contributed by atoms with Gasteiger partial charge in [-0.1, -0.05) is 18.2 Å². The minimum atomic E-state index is 0.705. The van der Waals surface area contributed by atoms with Gasteiger partial charge in [-0.25, -0.2) is 4.98 Å². The maximum atomic E-state index is 5.71. The molecule has 0 unspecified atom stereocenters. The van der Waals surface area contributed by atoms with Gasteiger partial charge in [0.1, 0.15) is 5.82 Å². The Morgan fingerprint density at radius 1 is 1.17 bits per heavy atom. The first kappa shape index (κ1) is 12.9.